The van der Waals surface area contributed by atoms with Crippen LogP contribution in [0.3, 0.4) is 0 Å². The average molecular weight is 772 g/mol. The predicted octanol–water partition coefficient (Wildman–Crippen LogP) is 11.5. The van der Waals surface area contributed by atoms with Gasteiger partial charge in [0.2, 0.25) is 0 Å². The van der Waals surface area contributed by atoms with Gasteiger partial charge in [0, 0.05) is 53.4 Å². The quantitative estimate of drug-likeness (QED) is 0.132. The molecule has 7 nitrogen and oxygen atoms in total. The zero-order chi connectivity index (χ0) is 39.6. The van der Waals surface area contributed by atoms with Crippen molar-refractivity contribution in [1.82, 2.24) is 15.0 Å². The van der Waals surface area contributed by atoms with E-state index < -0.39 is 0 Å². The molecule has 1 aromatic carbocycles. The largest absolute Gasteiger partial charge is 0.294 e. The van der Waals surface area contributed by atoms with Gasteiger partial charge in [0.05, 0.1) is 0 Å². The number of Topliss-reactive ketones (excluding diaryl/α,β-unsaturated/α-hetero) is 4. The van der Waals surface area contributed by atoms with E-state index in [1.54, 1.807) is 12.1 Å². The Morgan fingerprint density at radius 1 is 0.482 bits per heavy atom. The zero-order valence-electron chi connectivity index (χ0n) is 33.2. The summed E-state index contributed by atoms with van der Waals surface area (Å²) < 4.78 is 0. The van der Waals surface area contributed by atoms with Gasteiger partial charge in [0.15, 0.2) is 23.1 Å². The third-order valence-electron chi connectivity index (χ3n) is 13.5. The average Bonchev–Trinajstić information content (AvgIpc) is 3.57. The number of fused-ring (bicyclic) bond motifs is 4. The van der Waals surface area contributed by atoms with E-state index in [2.05, 4.69) is 15.0 Å². The first-order valence-electron chi connectivity index (χ1n) is 20.5. The molecule has 0 saturated heterocycles. The van der Waals surface area contributed by atoms with Crippen LogP contribution in [0, 0.1) is 42.4 Å². The third-order valence-corrected chi connectivity index (χ3v) is 13.7. The molecule has 4 unspecified atom stereocenters. The maximum Gasteiger partial charge on any atom is 0.181 e. The summed E-state index contributed by atoms with van der Waals surface area (Å²) in [4.78, 5) is 64.8. The maximum atomic E-state index is 12.9. The van der Waals surface area contributed by atoms with Gasteiger partial charge in [0.25, 0.3) is 0 Å². The number of aromatic nitrogens is 3. The minimum Gasteiger partial charge on any atom is -0.294 e. The molecule has 4 aliphatic carbocycles. The second kappa shape index (κ2) is 16.2. The number of hydrogen-bond donors (Lipinski definition) is 0. The highest BCUT2D eigenvalue weighted by Gasteiger charge is 2.53. The van der Waals surface area contributed by atoms with Gasteiger partial charge in [-0.1, -0.05) is 54.8 Å². The molecule has 4 aliphatic rings. The maximum absolute atomic E-state index is 12.9. The first-order chi connectivity index (χ1) is 26.8. The van der Waals surface area contributed by atoms with Crippen molar-refractivity contribution in [2.24, 2.45) is 21.7 Å². The van der Waals surface area contributed by atoms with Crippen LogP contribution in [0.5, 0.6) is 0 Å². The highest BCUT2D eigenvalue weighted by molar-refractivity contribution is 6.31. The van der Waals surface area contributed by atoms with Crippen molar-refractivity contribution in [1.29, 1.82) is 0 Å². The smallest absolute Gasteiger partial charge is 0.181 e. The fourth-order valence-electron chi connectivity index (χ4n) is 11.0. The topological polar surface area (TPSA) is 107 Å². The summed E-state index contributed by atoms with van der Waals surface area (Å²) in [5.41, 5.74) is 5.23. The molecular formula is C48H54ClN3O4. The second-order valence-corrected chi connectivity index (χ2v) is 18.4. The van der Waals surface area contributed by atoms with Gasteiger partial charge in [0.1, 0.15) is 17.1 Å². The molecule has 56 heavy (non-hydrogen) atoms. The molecule has 0 radical (unpaired) electrons. The second-order valence-electron chi connectivity index (χ2n) is 18.0. The number of rotatable bonds is 12. The summed E-state index contributed by atoms with van der Waals surface area (Å²) in [5, 5.41) is 0.601. The first kappa shape index (κ1) is 39.9. The van der Waals surface area contributed by atoms with E-state index in [4.69, 9.17) is 11.6 Å². The molecule has 4 aromatic rings. The van der Waals surface area contributed by atoms with Crippen molar-refractivity contribution in [2.45, 2.75) is 124 Å². The summed E-state index contributed by atoms with van der Waals surface area (Å²) in [6.45, 7) is 5.75. The van der Waals surface area contributed by atoms with Gasteiger partial charge in [-0.15, -0.1) is 0 Å². The van der Waals surface area contributed by atoms with Crippen LogP contribution in [0.2, 0.25) is 5.02 Å². The molecule has 8 rings (SSSR count). The summed E-state index contributed by atoms with van der Waals surface area (Å²) in [6, 6.07) is 24.2. The summed E-state index contributed by atoms with van der Waals surface area (Å²) in [7, 11) is 0. The molecule has 4 bridgehead atoms. The molecule has 4 atom stereocenters. The first-order valence-corrected chi connectivity index (χ1v) is 20.8. The fraction of sp³-hybridized carbons (Fsp3) is 0.479. The minimum absolute atomic E-state index is 0.0371. The lowest BCUT2D eigenvalue weighted by Crippen LogP contribution is -2.31. The number of ketones is 4. The van der Waals surface area contributed by atoms with Crippen molar-refractivity contribution >= 4 is 34.7 Å². The van der Waals surface area contributed by atoms with Crippen LogP contribution in [0.4, 0.5) is 0 Å². The fourth-order valence-corrected chi connectivity index (χ4v) is 11.2. The number of nitrogens with zero attached hydrogens (tertiary/aromatic N) is 3. The van der Waals surface area contributed by atoms with Crippen LogP contribution in [-0.2, 0) is 0 Å². The lowest BCUT2D eigenvalue weighted by Gasteiger charge is -2.39. The van der Waals surface area contributed by atoms with Crippen LogP contribution in [-0.4, -0.2) is 38.1 Å². The normalized spacial score (nSPS) is 26.2. The highest BCUT2D eigenvalue weighted by Crippen LogP contribution is 2.63. The molecule has 0 spiro atoms. The van der Waals surface area contributed by atoms with Crippen LogP contribution < -0.4 is 0 Å². The molecule has 3 heterocycles. The van der Waals surface area contributed by atoms with Crippen molar-refractivity contribution in [2.75, 3.05) is 0 Å². The standard InChI is InChI=1S/C24H26ClNO2.C24H28N2O2/c1-17-5-2-8-20(26-17)22(28)15-24-10-4-9-23(16-24,11-12-24)14-21(27)18-6-3-7-19(25)13-18;1-17-6-3-8-19(25-17)21(27)14-23-10-5-11-24(16-23,13-12-23)15-22(28)20-9-4-7-18(2)26-20/h2-3,5-8,13H,4,9-12,14-16H2,1H3;3-4,6-9H,5,10-16H2,1-2H3. The van der Waals surface area contributed by atoms with Gasteiger partial charge in [-0.25, -0.2) is 0 Å². The molecular weight excluding hydrogens is 718 g/mol. The highest BCUT2D eigenvalue weighted by atomic mass is 35.5. The molecule has 3 aromatic heterocycles. The number of pyridine rings is 3. The van der Waals surface area contributed by atoms with Crippen molar-refractivity contribution in [3.63, 3.8) is 0 Å². The number of hydrogen-bond acceptors (Lipinski definition) is 7. The zero-order valence-corrected chi connectivity index (χ0v) is 33.9. The van der Waals surface area contributed by atoms with Gasteiger partial charge in [-0.2, -0.15) is 0 Å². The third kappa shape index (κ3) is 9.09. The SMILES string of the molecule is Cc1cccc(C(=O)CC23CCCC(CC(=O)c4cccc(C)n4)(CC2)C3)n1.Cc1cccc(C(=O)CC23CCCC(CC(=O)c4cccc(Cl)c4)(CC2)C3)n1. The summed E-state index contributed by atoms with van der Waals surface area (Å²) >= 11 is 6.06. The Morgan fingerprint density at radius 2 is 0.821 bits per heavy atom. The van der Waals surface area contributed by atoms with E-state index in [1.165, 1.54) is 0 Å². The number of carbonyl (C=O) groups excluding carboxylic acids is 4. The Morgan fingerprint density at radius 3 is 1.16 bits per heavy atom. The van der Waals surface area contributed by atoms with Gasteiger partial charge >= 0.3 is 0 Å². The summed E-state index contributed by atoms with van der Waals surface area (Å²) in [6.07, 6.45) is 14.9. The molecule has 292 valence electrons. The minimum atomic E-state index is 0.0371. The van der Waals surface area contributed by atoms with E-state index in [9.17, 15) is 19.2 Å². The van der Waals surface area contributed by atoms with Gasteiger partial charge in [-0.3, -0.25) is 34.1 Å². The number of halogens is 1. The van der Waals surface area contributed by atoms with Crippen LogP contribution in [0.15, 0.2) is 78.9 Å². The van der Waals surface area contributed by atoms with Crippen LogP contribution >= 0.6 is 11.6 Å². The Balaban J connectivity index is 0.000000172. The van der Waals surface area contributed by atoms with Crippen LogP contribution in [0.1, 0.15) is 162 Å². The van der Waals surface area contributed by atoms with Crippen molar-refractivity contribution in [3.05, 3.63) is 124 Å². The van der Waals surface area contributed by atoms with Crippen LogP contribution in [0.25, 0.3) is 0 Å². The lowest BCUT2D eigenvalue weighted by atomic mass is 9.65. The number of aryl methyl sites for hydroxylation is 3. The molecule has 8 heteroatoms. The summed E-state index contributed by atoms with van der Waals surface area (Å²) in [5.74, 6) is 0.607. The van der Waals surface area contributed by atoms with E-state index in [-0.39, 0.29) is 44.8 Å². The molecule has 4 saturated carbocycles. The molecule has 0 amide bonds. The predicted molar refractivity (Wildman–Crippen MR) is 219 cm³/mol. The van der Waals surface area contributed by atoms with E-state index >= 15 is 0 Å². The Labute approximate surface area is 336 Å². The number of carbonyl (C=O) groups is 4. The molecule has 0 aliphatic heterocycles. The monoisotopic (exact) mass is 771 g/mol. The van der Waals surface area contributed by atoms with E-state index in [0.717, 1.165) is 94.1 Å². The lowest BCUT2D eigenvalue weighted by molar-refractivity contribution is 0.0733. The van der Waals surface area contributed by atoms with Gasteiger partial charge in [-0.05, 0) is 155 Å². The van der Waals surface area contributed by atoms with Crippen molar-refractivity contribution in [3.8, 4) is 0 Å². The Kier molecular flexibility index (Phi) is 11.6. The van der Waals surface area contributed by atoms with E-state index in [0.29, 0.717) is 53.4 Å². The molecule has 0 N–H and O–H groups in total. The molecule has 4 fully saturated rings. The van der Waals surface area contributed by atoms with Gasteiger partial charge < -0.3 is 0 Å². The van der Waals surface area contributed by atoms with Crippen molar-refractivity contribution < 1.29 is 19.2 Å². The Bertz CT molecular complexity index is 1850. The number of benzene rings is 1. The van der Waals surface area contributed by atoms with E-state index in [1.807, 2.05) is 87.5 Å². The Hall–Kier alpha value is -4.36.